The molecule has 0 unspecified atom stereocenters. The predicted molar refractivity (Wildman–Crippen MR) is 108 cm³/mol. The largest absolute Gasteiger partial charge is 0.493 e. The van der Waals surface area contributed by atoms with E-state index in [2.05, 4.69) is 27.7 Å². The van der Waals surface area contributed by atoms with Gasteiger partial charge in [-0.3, -0.25) is 4.57 Å². The molecule has 0 amide bonds. The van der Waals surface area contributed by atoms with Crippen molar-refractivity contribution in [3.63, 3.8) is 0 Å². The zero-order chi connectivity index (χ0) is 20.1. The zero-order valence-corrected chi connectivity index (χ0v) is 17.3. The Bertz CT molecular complexity index is 780. The fourth-order valence-electron chi connectivity index (χ4n) is 3.29. The van der Waals surface area contributed by atoms with Gasteiger partial charge in [0.25, 0.3) is 0 Å². The molecule has 2 aromatic rings. The average Bonchev–Trinajstić information content (AvgIpc) is 2.58. The van der Waals surface area contributed by atoms with Gasteiger partial charge in [-0.2, -0.15) is 0 Å². The summed E-state index contributed by atoms with van der Waals surface area (Å²) in [4.78, 5) is 19.0. The van der Waals surface area contributed by atoms with E-state index < -0.39 is 7.60 Å². The number of ether oxygens (including phenoxy) is 2. The van der Waals surface area contributed by atoms with Crippen molar-refractivity contribution in [3.8, 4) is 11.5 Å². The van der Waals surface area contributed by atoms with Crippen molar-refractivity contribution >= 4 is 12.9 Å². The maximum atomic E-state index is 11.6. The van der Waals surface area contributed by atoms with Crippen molar-refractivity contribution in [2.45, 2.75) is 34.1 Å². The molecule has 0 aliphatic rings. The van der Waals surface area contributed by atoms with Gasteiger partial charge >= 0.3 is 7.60 Å². The van der Waals surface area contributed by atoms with Crippen molar-refractivity contribution in [1.82, 2.24) is 0 Å². The Morgan fingerprint density at radius 3 is 1.93 bits per heavy atom. The second-order valence-corrected chi connectivity index (χ2v) is 9.98. The lowest BCUT2D eigenvalue weighted by Gasteiger charge is -2.34. The lowest BCUT2D eigenvalue weighted by Crippen LogP contribution is -2.32. The number of hydrogen-bond donors (Lipinski definition) is 2. The van der Waals surface area contributed by atoms with Crippen molar-refractivity contribution in [3.05, 3.63) is 54.6 Å². The van der Waals surface area contributed by atoms with E-state index in [1.807, 2.05) is 30.3 Å². The highest BCUT2D eigenvalue weighted by Gasteiger charge is 2.31. The summed E-state index contributed by atoms with van der Waals surface area (Å²) in [6, 6.07) is 16.0. The second-order valence-electron chi connectivity index (χ2n) is 8.41. The van der Waals surface area contributed by atoms with Crippen LogP contribution in [0.3, 0.4) is 0 Å². The van der Waals surface area contributed by atoms with Crippen molar-refractivity contribution in [2.24, 2.45) is 10.8 Å². The first-order chi connectivity index (χ1) is 12.5. The molecular formula is C21H29O5P. The lowest BCUT2D eigenvalue weighted by molar-refractivity contribution is 0.0818. The van der Waals surface area contributed by atoms with E-state index in [-0.39, 0.29) is 21.9 Å². The number of hydrogen-bond acceptors (Lipinski definition) is 3. The Hall–Kier alpha value is -1.81. The Morgan fingerprint density at radius 2 is 1.33 bits per heavy atom. The van der Waals surface area contributed by atoms with E-state index in [1.54, 1.807) is 18.2 Å². The maximum absolute atomic E-state index is 11.6. The summed E-state index contributed by atoms with van der Waals surface area (Å²) < 4.78 is 23.3. The van der Waals surface area contributed by atoms with Gasteiger partial charge in [0.15, 0.2) is 0 Å². The molecule has 0 saturated carbocycles. The normalized spacial score (nSPS) is 12.7. The molecule has 148 valence electrons. The molecular weight excluding hydrogens is 363 g/mol. The molecule has 0 saturated heterocycles. The van der Waals surface area contributed by atoms with Crippen molar-refractivity contribution in [2.75, 3.05) is 13.2 Å². The van der Waals surface area contributed by atoms with E-state index in [9.17, 15) is 14.4 Å². The van der Waals surface area contributed by atoms with Gasteiger partial charge in [0.2, 0.25) is 0 Å². The summed E-state index contributed by atoms with van der Waals surface area (Å²) >= 11 is 0. The van der Waals surface area contributed by atoms with Gasteiger partial charge in [0.05, 0.1) is 13.2 Å². The van der Waals surface area contributed by atoms with E-state index in [0.29, 0.717) is 13.2 Å². The molecule has 0 aliphatic carbocycles. The van der Waals surface area contributed by atoms with Crippen LogP contribution in [0.1, 0.15) is 34.1 Å². The number of para-hydroxylation sites is 2. The highest BCUT2D eigenvalue weighted by Crippen LogP contribution is 2.39. The van der Waals surface area contributed by atoms with Gasteiger partial charge < -0.3 is 19.3 Å². The van der Waals surface area contributed by atoms with Crippen LogP contribution in [-0.2, 0) is 4.57 Å². The van der Waals surface area contributed by atoms with Crippen LogP contribution in [0.15, 0.2) is 54.6 Å². The minimum absolute atomic E-state index is 0.0764. The van der Waals surface area contributed by atoms with E-state index in [1.165, 1.54) is 6.07 Å². The molecule has 0 atom stereocenters. The highest BCUT2D eigenvalue weighted by molar-refractivity contribution is 7.60. The van der Waals surface area contributed by atoms with Gasteiger partial charge in [-0.25, -0.2) is 0 Å². The van der Waals surface area contributed by atoms with Gasteiger partial charge in [-0.15, -0.1) is 0 Å². The summed E-state index contributed by atoms with van der Waals surface area (Å²) in [7, 11) is -4.37. The quantitative estimate of drug-likeness (QED) is 0.619. The zero-order valence-electron chi connectivity index (χ0n) is 16.4. The van der Waals surface area contributed by atoms with Crippen LogP contribution >= 0.6 is 7.60 Å². The van der Waals surface area contributed by atoms with Crippen LogP contribution in [0.2, 0.25) is 0 Å². The van der Waals surface area contributed by atoms with Crippen LogP contribution in [-0.4, -0.2) is 23.0 Å². The predicted octanol–water partition coefficient (Wildman–Crippen LogP) is 4.39. The Labute approximate surface area is 161 Å². The van der Waals surface area contributed by atoms with Gasteiger partial charge in [0, 0.05) is 0 Å². The third-order valence-electron chi connectivity index (χ3n) is 4.13. The molecule has 2 N–H and O–H groups in total. The molecule has 6 heteroatoms. The number of benzene rings is 2. The SMILES string of the molecule is CC(C)(COc1ccccc1)CC(C)(C)COc1ccccc1P(=O)(O)O. The standard InChI is InChI=1S/C21H29O5P/c1-20(2,15-25-17-10-6-5-7-11-17)14-21(3,4)16-26-18-12-8-9-13-19(18)27(22,23)24/h5-13H,14-16H2,1-4H3,(H2,22,23,24). The first-order valence-electron chi connectivity index (χ1n) is 8.94. The molecule has 0 spiro atoms. The lowest BCUT2D eigenvalue weighted by atomic mass is 9.76. The topological polar surface area (TPSA) is 76.0 Å². The first kappa shape index (κ1) is 21.5. The molecule has 0 bridgehead atoms. The highest BCUT2D eigenvalue weighted by atomic mass is 31.2. The molecule has 0 heterocycles. The molecule has 2 rings (SSSR count). The van der Waals surface area contributed by atoms with E-state index in [4.69, 9.17) is 9.47 Å². The third-order valence-corrected chi connectivity index (χ3v) is 5.12. The fraction of sp³-hybridized carbons (Fsp3) is 0.429. The van der Waals surface area contributed by atoms with Crippen LogP contribution in [0, 0.1) is 10.8 Å². The fourth-order valence-corrected chi connectivity index (χ4v) is 3.99. The van der Waals surface area contributed by atoms with Crippen LogP contribution in [0.25, 0.3) is 0 Å². The van der Waals surface area contributed by atoms with Crippen molar-refractivity contribution in [1.29, 1.82) is 0 Å². The maximum Gasteiger partial charge on any atom is 0.359 e. The van der Waals surface area contributed by atoms with Gasteiger partial charge in [-0.05, 0) is 41.5 Å². The summed E-state index contributed by atoms with van der Waals surface area (Å²) in [5.41, 5.74) is -0.295. The molecule has 0 aliphatic heterocycles. The monoisotopic (exact) mass is 392 g/mol. The molecule has 2 aromatic carbocycles. The Kier molecular flexibility index (Phi) is 6.74. The minimum atomic E-state index is -4.37. The summed E-state index contributed by atoms with van der Waals surface area (Å²) in [6.45, 7) is 9.36. The summed E-state index contributed by atoms with van der Waals surface area (Å²) in [5.74, 6) is 1.08. The number of rotatable bonds is 9. The molecule has 0 radical (unpaired) electrons. The molecule has 0 fully saturated rings. The molecule has 0 aromatic heterocycles. The third kappa shape index (κ3) is 7.02. The Morgan fingerprint density at radius 1 is 0.815 bits per heavy atom. The van der Waals surface area contributed by atoms with Gasteiger partial charge in [0.1, 0.15) is 16.8 Å². The first-order valence-corrected chi connectivity index (χ1v) is 10.6. The van der Waals surface area contributed by atoms with Crippen LogP contribution in [0.4, 0.5) is 0 Å². The average molecular weight is 392 g/mol. The molecule has 5 nitrogen and oxygen atoms in total. The van der Waals surface area contributed by atoms with Crippen LogP contribution in [0.5, 0.6) is 11.5 Å². The van der Waals surface area contributed by atoms with Gasteiger partial charge in [-0.1, -0.05) is 58.0 Å². The smallest absolute Gasteiger partial charge is 0.359 e. The van der Waals surface area contributed by atoms with Crippen molar-refractivity contribution < 1.29 is 23.8 Å². The molecule has 27 heavy (non-hydrogen) atoms. The summed E-state index contributed by atoms with van der Waals surface area (Å²) in [5, 5.41) is -0.0764. The summed E-state index contributed by atoms with van der Waals surface area (Å²) in [6.07, 6.45) is 0.824. The van der Waals surface area contributed by atoms with Crippen LogP contribution < -0.4 is 14.8 Å². The Balaban J connectivity index is 1.97. The van der Waals surface area contributed by atoms with E-state index in [0.717, 1.165) is 12.2 Å². The minimum Gasteiger partial charge on any atom is -0.493 e. The van der Waals surface area contributed by atoms with E-state index >= 15 is 0 Å². The second kappa shape index (κ2) is 8.47.